The maximum Gasteiger partial charge on any atom is 0.472 e. The maximum atomic E-state index is 12.7. The highest BCUT2D eigenvalue weighted by atomic mass is 31.2. The van der Waals surface area contributed by atoms with Crippen molar-refractivity contribution in [2.75, 3.05) is 54.1 Å². The Hall–Kier alpha value is -0.500. The molecule has 0 radical (unpaired) electrons. The summed E-state index contributed by atoms with van der Waals surface area (Å²) < 4.78 is 35.2. The molecule has 0 aromatic heterocycles. The van der Waals surface area contributed by atoms with E-state index < -0.39 is 13.9 Å². The van der Waals surface area contributed by atoms with Crippen LogP contribution in [0.5, 0.6) is 0 Å². The predicted molar refractivity (Wildman–Crippen MR) is 252 cm³/mol. The fourth-order valence-corrected chi connectivity index (χ4v) is 8.42. The molecule has 0 bridgehead atoms. The van der Waals surface area contributed by atoms with E-state index in [4.69, 9.17) is 18.5 Å². The van der Waals surface area contributed by atoms with Gasteiger partial charge in [-0.1, -0.05) is 239 Å². The Balaban J connectivity index is 4.08. The van der Waals surface area contributed by atoms with Crippen molar-refractivity contribution in [3.05, 3.63) is 0 Å². The highest BCUT2D eigenvalue weighted by Gasteiger charge is 2.26. The lowest BCUT2D eigenvalue weighted by molar-refractivity contribution is -0.870. The molecule has 0 spiro atoms. The minimum Gasteiger partial charge on any atom is -0.457 e. The van der Waals surface area contributed by atoms with Gasteiger partial charge in [0.1, 0.15) is 19.3 Å². The Morgan fingerprint density at radius 2 is 0.780 bits per heavy atom. The Morgan fingerprint density at radius 1 is 0.458 bits per heavy atom. The molecule has 0 amide bonds. The van der Waals surface area contributed by atoms with E-state index in [2.05, 4.69) is 13.8 Å². The first-order valence-corrected chi connectivity index (χ1v) is 27.3. The summed E-state index contributed by atoms with van der Waals surface area (Å²) in [5.41, 5.74) is 0. The quantitative estimate of drug-likeness (QED) is 0.0282. The molecule has 0 fully saturated rings. The number of carbonyl (C=O) groups is 1. The van der Waals surface area contributed by atoms with E-state index in [1.807, 2.05) is 21.1 Å². The van der Waals surface area contributed by atoms with Gasteiger partial charge >= 0.3 is 13.8 Å². The van der Waals surface area contributed by atoms with Gasteiger partial charge in [-0.2, -0.15) is 0 Å². The van der Waals surface area contributed by atoms with Crippen LogP contribution < -0.4 is 0 Å². The van der Waals surface area contributed by atoms with Crippen molar-refractivity contribution < 1.29 is 37.3 Å². The molecule has 9 heteroatoms. The van der Waals surface area contributed by atoms with Gasteiger partial charge in [0, 0.05) is 13.0 Å². The number of quaternary nitrogens is 1. The molecule has 0 saturated carbocycles. The summed E-state index contributed by atoms with van der Waals surface area (Å²) in [6.45, 7) is 5.70. The van der Waals surface area contributed by atoms with Crippen LogP contribution in [-0.4, -0.2) is 75.6 Å². The summed E-state index contributed by atoms with van der Waals surface area (Å²) in [4.78, 5) is 23.0. The molecule has 0 rings (SSSR count). The highest BCUT2D eigenvalue weighted by Crippen LogP contribution is 2.43. The second-order valence-electron chi connectivity index (χ2n) is 18.9. The lowest BCUT2D eigenvalue weighted by Gasteiger charge is -2.24. The molecule has 0 saturated heterocycles. The Bertz CT molecular complexity index is 914. The lowest BCUT2D eigenvalue weighted by atomic mass is 10.0. The number of nitrogens with zero attached hydrogens (tertiary/aromatic N) is 1. The summed E-state index contributed by atoms with van der Waals surface area (Å²) in [5, 5.41) is 0. The number of phosphoric ester groups is 1. The zero-order valence-corrected chi connectivity index (χ0v) is 41.2. The molecule has 0 aliphatic rings. The van der Waals surface area contributed by atoms with E-state index in [0.29, 0.717) is 24.1 Å². The monoisotopic (exact) mass is 861 g/mol. The van der Waals surface area contributed by atoms with Crippen LogP contribution in [0, 0.1) is 0 Å². The summed E-state index contributed by atoms with van der Waals surface area (Å²) in [7, 11) is 1.69. The van der Waals surface area contributed by atoms with Gasteiger partial charge in [0.05, 0.1) is 34.4 Å². The first kappa shape index (κ1) is 58.5. The first-order chi connectivity index (χ1) is 28.6. The van der Waals surface area contributed by atoms with Crippen molar-refractivity contribution in [1.29, 1.82) is 0 Å². The summed E-state index contributed by atoms with van der Waals surface area (Å²) in [5.74, 6) is -0.305. The summed E-state index contributed by atoms with van der Waals surface area (Å²) in [6, 6.07) is 0. The molecular formula is C50H103NO7P+. The summed E-state index contributed by atoms with van der Waals surface area (Å²) in [6.07, 6.45) is 48.6. The number of hydrogen-bond donors (Lipinski definition) is 1. The van der Waals surface area contributed by atoms with Crippen molar-refractivity contribution in [2.45, 2.75) is 264 Å². The van der Waals surface area contributed by atoms with E-state index in [-0.39, 0.29) is 25.8 Å². The molecule has 2 atom stereocenters. The van der Waals surface area contributed by atoms with E-state index in [1.165, 1.54) is 205 Å². The van der Waals surface area contributed by atoms with Crippen molar-refractivity contribution >= 4 is 13.8 Å². The minimum atomic E-state index is -4.27. The van der Waals surface area contributed by atoms with Crippen LogP contribution in [0.25, 0.3) is 0 Å². The number of likely N-dealkylation sites (N-methyl/N-ethyl adjacent to an activating group) is 1. The van der Waals surface area contributed by atoms with Crippen molar-refractivity contribution in [3.63, 3.8) is 0 Å². The van der Waals surface area contributed by atoms with Crippen LogP contribution in [0.15, 0.2) is 0 Å². The molecule has 1 N–H and O–H groups in total. The van der Waals surface area contributed by atoms with Gasteiger partial charge in [-0.3, -0.25) is 13.8 Å². The molecule has 0 aliphatic heterocycles. The van der Waals surface area contributed by atoms with E-state index in [0.717, 1.165) is 32.1 Å². The third-order valence-corrected chi connectivity index (χ3v) is 12.7. The first-order valence-electron chi connectivity index (χ1n) is 25.8. The van der Waals surface area contributed by atoms with Crippen LogP contribution in [0.1, 0.15) is 258 Å². The second kappa shape index (κ2) is 44.1. The number of unbranched alkanes of at least 4 members (excludes halogenated alkanes) is 35. The van der Waals surface area contributed by atoms with Crippen LogP contribution >= 0.6 is 7.82 Å². The second-order valence-corrected chi connectivity index (χ2v) is 20.4. The number of ether oxygens (including phenoxy) is 2. The Morgan fingerprint density at radius 3 is 1.12 bits per heavy atom. The largest absolute Gasteiger partial charge is 0.472 e. The normalized spacial score (nSPS) is 13.5. The fraction of sp³-hybridized carbons (Fsp3) is 0.980. The molecule has 8 nitrogen and oxygen atoms in total. The van der Waals surface area contributed by atoms with Gasteiger partial charge in [0.2, 0.25) is 0 Å². The minimum absolute atomic E-state index is 0.0942. The van der Waals surface area contributed by atoms with Gasteiger partial charge in [-0.05, 0) is 12.8 Å². The maximum absolute atomic E-state index is 12.7. The Labute approximate surface area is 368 Å². The molecular weight excluding hydrogens is 758 g/mol. The molecule has 0 aliphatic carbocycles. The van der Waals surface area contributed by atoms with Crippen molar-refractivity contribution in [2.24, 2.45) is 0 Å². The molecule has 2 unspecified atom stereocenters. The lowest BCUT2D eigenvalue weighted by Crippen LogP contribution is -2.37. The van der Waals surface area contributed by atoms with Crippen LogP contribution in [-0.2, 0) is 27.9 Å². The molecule has 0 heterocycles. The number of rotatable bonds is 49. The smallest absolute Gasteiger partial charge is 0.457 e. The van der Waals surface area contributed by atoms with Crippen molar-refractivity contribution in [1.82, 2.24) is 0 Å². The fourth-order valence-electron chi connectivity index (χ4n) is 7.67. The van der Waals surface area contributed by atoms with Gasteiger partial charge in [-0.15, -0.1) is 0 Å². The number of hydrogen-bond acceptors (Lipinski definition) is 6. The zero-order chi connectivity index (χ0) is 43.4. The summed E-state index contributed by atoms with van der Waals surface area (Å²) >= 11 is 0. The molecule has 0 aromatic carbocycles. The predicted octanol–water partition coefficient (Wildman–Crippen LogP) is 15.6. The van der Waals surface area contributed by atoms with Gasteiger partial charge < -0.3 is 18.9 Å². The van der Waals surface area contributed by atoms with Gasteiger partial charge in [0.25, 0.3) is 0 Å². The standard InChI is InChI=1S/C50H102NO7P/c1-6-8-10-12-14-16-18-20-22-24-25-26-28-30-32-34-36-38-40-42-45-55-47-49(48-57-59(53,54)56-46-44-51(3,4)5)58-50(52)43-41-39-37-35-33-31-29-27-23-21-19-17-15-13-11-9-7-2/h49H,6-48H2,1-5H3/p+1. The topological polar surface area (TPSA) is 91.3 Å². The average molecular weight is 861 g/mol. The van der Waals surface area contributed by atoms with E-state index in [1.54, 1.807) is 0 Å². The van der Waals surface area contributed by atoms with Gasteiger partial charge in [-0.25, -0.2) is 4.57 Å². The highest BCUT2D eigenvalue weighted by molar-refractivity contribution is 7.47. The van der Waals surface area contributed by atoms with Crippen molar-refractivity contribution in [3.8, 4) is 0 Å². The van der Waals surface area contributed by atoms with Crippen LogP contribution in [0.2, 0.25) is 0 Å². The third kappa shape index (κ3) is 48.4. The van der Waals surface area contributed by atoms with E-state index >= 15 is 0 Å². The molecule has 59 heavy (non-hydrogen) atoms. The third-order valence-electron chi connectivity index (χ3n) is 11.7. The Kier molecular flexibility index (Phi) is 43.7. The van der Waals surface area contributed by atoms with Crippen LogP contribution in [0.3, 0.4) is 0 Å². The zero-order valence-electron chi connectivity index (χ0n) is 40.3. The SMILES string of the molecule is CCCCCCCCCCCCCCCCCCCCCCOCC(COP(=O)(O)OCC[N+](C)(C)C)OC(=O)CCCCCCCCCCCCCCCCCCC. The molecule has 0 aromatic rings. The molecule has 354 valence electrons. The average Bonchev–Trinajstić information content (AvgIpc) is 3.19. The van der Waals surface area contributed by atoms with Crippen LogP contribution in [0.4, 0.5) is 0 Å². The van der Waals surface area contributed by atoms with E-state index in [9.17, 15) is 14.3 Å². The number of phosphoric acid groups is 1. The number of carbonyl (C=O) groups excluding carboxylic acids is 1. The number of esters is 1. The van der Waals surface area contributed by atoms with Gasteiger partial charge in [0.15, 0.2) is 0 Å².